The van der Waals surface area contributed by atoms with Crippen molar-refractivity contribution in [3.8, 4) is 0 Å². The number of aryl methyl sites for hydroxylation is 1. The molecule has 0 fully saturated rings. The first-order valence-corrected chi connectivity index (χ1v) is 6.96. The lowest BCUT2D eigenvalue weighted by molar-refractivity contribution is -0.120. The number of hydrogen-bond donors (Lipinski definition) is 2. The van der Waals surface area contributed by atoms with E-state index in [2.05, 4.69) is 28.3 Å². The van der Waals surface area contributed by atoms with Crippen LogP contribution in [0.5, 0.6) is 0 Å². The van der Waals surface area contributed by atoms with Crippen molar-refractivity contribution in [3.05, 3.63) is 65.6 Å². The van der Waals surface area contributed by atoms with Gasteiger partial charge in [0, 0.05) is 23.3 Å². The predicted octanol–water partition coefficient (Wildman–Crippen LogP) is 2.73. The molecule has 4 nitrogen and oxygen atoms in total. The minimum Gasteiger partial charge on any atom is -0.361 e. The van der Waals surface area contributed by atoms with Gasteiger partial charge in [0.25, 0.3) is 0 Å². The molecule has 4 heteroatoms. The summed E-state index contributed by atoms with van der Waals surface area (Å²) in [5.41, 5.74) is 4.14. The molecule has 0 unspecified atom stereocenters. The van der Waals surface area contributed by atoms with Crippen LogP contribution >= 0.6 is 0 Å². The molecule has 0 saturated heterocycles. The van der Waals surface area contributed by atoms with Crippen LogP contribution in [0.25, 0.3) is 10.9 Å². The molecule has 0 aliphatic rings. The molecule has 0 spiro atoms. The zero-order valence-electron chi connectivity index (χ0n) is 11.9. The van der Waals surface area contributed by atoms with Crippen molar-refractivity contribution in [2.45, 2.75) is 19.9 Å². The molecule has 0 aliphatic heterocycles. The number of aromatic nitrogens is 2. The summed E-state index contributed by atoms with van der Waals surface area (Å²) in [5, 5.41) is 4.05. The average Bonchev–Trinajstić information content (AvgIpc) is 2.91. The standard InChI is InChI=1S/C17H17N3O/c1-12-5-4-7-15-17(12)13(10-19-15)9-16(21)20-11-14-6-2-3-8-18-14/h2-8,10,19H,9,11H2,1H3,(H,20,21). The molecule has 2 heterocycles. The highest BCUT2D eigenvalue weighted by atomic mass is 16.1. The van der Waals surface area contributed by atoms with Crippen LogP contribution in [-0.2, 0) is 17.8 Å². The van der Waals surface area contributed by atoms with Crippen molar-refractivity contribution in [2.75, 3.05) is 0 Å². The maximum Gasteiger partial charge on any atom is 0.224 e. The van der Waals surface area contributed by atoms with Gasteiger partial charge >= 0.3 is 0 Å². The number of nitrogens with zero attached hydrogens (tertiary/aromatic N) is 1. The molecule has 2 N–H and O–H groups in total. The van der Waals surface area contributed by atoms with E-state index < -0.39 is 0 Å². The lowest BCUT2D eigenvalue weighted by Crippen LogP contribution is -2.24. The minimum absolute atomic E-state index is 0.00445. The van der Waals surface area contributed by atoms with E-state index in [4.69, 9.17) is 0 Å². The first kappa shape index (κ1) is 13.4. The summed E-state index contributed by atoms with van der Waals surface area (Å²) in [4.78, 5) is 19.5. The number of carbonyl (C=O) groups excluding carboxylic acids is 1. The Morgan fingerprint density at radius 2 is 2.14 bits per heavy atom. The summed E-state index contributed by atoms with van der Waals surface area (Å²) in [6.45, 7) is 2.52. The molecule has 0 bridgehead atoms. The average molecular weight is 279 g/mol. The number of hydrogen-bond acceptors (Lipinski definition) is 2. The number of carbonyl (C=O) groups is 1. The van der Waals surface area contributed by atoms with E-state index in [9.17, 15) is 4.79 Å². The minimum atomic E-state index is 0.00445. The molecule has 2 aromatic heterocycles. The second-order valence-electron chi connectivity index (χ2n) is 5.09. The van der Waals surface area contributed by atoms with E-state index in [0.29, 0.717) is 13.0 Å². The fourth-order valence-electron chi connectivity index (χ4n) is 2.52. The number of H-pyrrole nitrogens is 1. The number of pyridine rings is 1. The molecule has 3 aromatic rings. The lowest BCUT2D eigenvalue weighted by Gasteiger charge is -2.05. The third-order valence-corrected chi connectivity index (χ3v) is 3.54. The van der Waals surface area contributed by atoms with Crippen LogP contribution in [-0.4, -0.2) is 15.9 Å². The van der Waals surface area contributed by atoms with Crippen molar-refractivity contribution < 1.29 is 4.79 Å². The van der Waals surface area contributed by atoms with Crippen LogP contribution in [0, 0.1) is 6.92 Å². The van der Waals surface area contributed by atoms with Gasteiger partial charge in [0.15, 0.2) is 0 Å². The Labute approximate surface area is 123 Å². The number of nitrogens with one attached hydrogen (secondary N) is 2. The molecule has 106 valence electrons. The molecule has 1 amide bonds. The Hall–Kier alpha value is -2.62. The van der Waals surface area contributed by atoms with Gasteiger partial charge in [-0.15, -0.1) is 0 Å². The number of fused-ring (bicyclic) bond motifs is 1. The van der Waals surface area contributed by atoms with Gasteiger partial charge in [0.1, 0.15) is 0 Å². The van der Waals surface area contributed by atoms with Crippen LogP contribution in [0.15, 0.2) is 48.8 Å². The van der Waals surface area contributed by atoms with Crippen molar-refractivity contribution in [1.82, 2.24) is 15.3 Å². The number of aromatic amines is 1. The molecule has 0 atom stereocenters. The van der Waals surface area contributed by atoms with Gasteiger partial charge in [0.05, 0.1) is 18.7 Å². The van der Waals surface area contributed by atoms with E-state index in [0.717, 1.165) is 22.2 Å². The Morgan fingerprint density at radius 3 is 2.95 bits per heavy atom. The first-order chi connectivity index (χ1) is 10.2. The quantitative estimate of drug-likeness (QED) is 0.771. The van der Waals surface area contributed by atoms with Gasteiger partial charge in [0.2, 0.25) is 5.91 Å². The van der Waals surface area contributed by atoms with Crippen molar-refractivity contribution in [3.63, 3.8) is 0 Å². The molecule has 0 radical (unpaired) electrons. The van der Waals surface area contributed by atoms with Crippen LogP contribution in [0.4, 0.5) is 0 Å². The number of amides is 1. The van der Waals surface area contributed by atoms with Gasteiger partial charge in [-0.2, -0.15) is 0 Å². The van der Waals surface area contributed by atoms with Crippen molar-refractivity contribution >= 4 is 16.8 Å². The summed E-state index contributed by atoms with van der Waals surface area (Å²) in [7, 11) is 0. The molecule has 1 aromatic carbocycles. The Morgan fingerprint density at radius 1 is 1.24 bits per heavy atom. The third-order valence-electron chi connectivity index (χ3n) is 3.54. The number of benzene rings is 1. The van der Waals surface area contributed by atoms with E-state index >= 15 is 0 Å². The zero-order chi connectivity index (χ0) is 14.7. The van der Waals surface area contributed by atoms with E-state index in [1.54, 1.807) is 6.20 Å². The molecule has 0 aliphatic carbocycles. The summed E-state index contributed by atoms with van der Waals surface area (Å²) in [5.74, 6) is 0.00445. The molecule has 3 rings (SSSR count). The fourth-order valence-corrected chi connectivity index (χ4v) is 2.52. The summed E-state index contributed by atoms with van der Waals surface area (Å²) in [6.07, 6.45) is 4.01. The Bertz CT molecular complexity index is 762. The maximum absolute atomic E-state index is 12.1. The highest BCUT2D eigenvalue weighted by Crippen LogP contribution is 2.22. The normalized spacial score (nSPS) is 10.7. The van der Waals surface area contributed by atoms with Crippen LogP contribution in [0.3, 0.4) is 0 Å². The van der Waals surface area contributed by atoms with Gasteiger partial charge in [-0.05, 0) is 36.2 Å². The molecule has 0 saturated carbocycles. The Kier molecular flexibility index (Phi) is 3.69. The van der Waals surface area contributed by atoms with Crippen LogP contribution < -0.4 is 5.32 Å². The van der Waals surface area contributed by atoms with Gasteiger partial charge in [-0.1, -0.05) is 18.2 Å². The molecular weight excluding hydrogens is 262 g/mol. The zero-order valence-corrected chi connectivity index (χ0v) is 11.9. The smallest absolute Gasteiger partial charge is 0.224 e. The largest absolute Gasteiger partial charge is 0.361 e. The summed E-state index contributed by atoms with van der Waals surface area (Å²) in [6, 6.07) is 11.8. The second kappa shape index (κ2) is 5.79. The molecule has 21 heavy (non-hydrogen) atoms. The third kappa shape index (κ3) is 2.94. The van der Waals surface area contributed by atoms with Gasteiger partial charge in [-0.25, -0.2) is 0 Å². The first-order valence-electron chi connectivity index (χ1n) is 6.96. The fraction of sp³-hybridized carbons (Fsp3) is 0.176. The summed E-state index contributed by atoms with van der Waals surface area (Å²) >= 11 is 0. The van der Waals surface area contributed by atoms with Crippen molar-refractivity contribution in [1.29, 1.82) is 0 Å². The van der Waals surface area contributed by atoms with Gasteiger partial charge in [-0.3, -0.25) is 9.78 Å². The van der Waals surface area contributed by atoms with Crippen molar-refractivity contribution in [2.24, 2.45) is 0 Å². The van der Waals surface area contributed by atoms with E-state index in [1.807, 2.05) is 36.5 Å². The summed E-state index contributed by atoms with van der Waals surface area (Å²) < 4.78 is 0. The highest BCUT2D eigenvalue weighted by molar-refractivity contribution is 5.90. The highest BCUT2D eigenvalue weighted by Gasteiger charge is 2.10. The van der Waals surface area contributed by atoms with Crippen LogP contribution in [0.2, 0.25) is 0 Å². The maximum atomic E-state index is 12.1. The Balaban J connectivity index is 1.69. The topological polar surface area (TPSA) is 57.8 Å². The predicted molar refractivity (Wildman–Crippen MR) is 82.8 cm³/mol. The monoisotopic (exact) mass is 279 g/mol. The van der Waals surface area contributed by atoms with Gasteiger partial charge < -0.3 is 10.3 Å². The lowest BCUT2D eigenvalue weighted by atomic mass is 10.1. The molecular formula is C17H17N3O. The SMILES string of the molecule is Cc1cccc2[nH]cc(CC(=O)NCc3ccccn3)c12. The van der Waals surface area contributed by atoms with E-state index in [-0.39, 0.29) is 5.91 Å². The van der Waals surface area contributed by atoms with E-state index in [1.165, 1.54) is 5.56 Å². The number of rotatable bonds is 4. The van der Waals surface area contributed by atoms with Crippen LogP contribution in [0.1, 0.15) is 16.8 Å². The second-order valence-corrected chi connectivity index (χ2v) is 5.09.